The van der Waals surface area contributed by atoms with Gasteiger partial charge in [0.1, 0.15) is 5.75 Å². The van der Waals surface area contributed by atoms with Gasteiger partial charge in [-0.2, -0.15) is 0 Å². The number of carbonyl (C=O) groups excluding carboxylic acids is 2. The number of halogens is 1. The molecule has 2 amide bonds. The summed E-state index contributed by atoms with van der Waals surface area (Å²) in [5.41, 5.74) is 1.20. The second-order valence-electron chi connectivity index (χ2n) is 8.87. The van der Waals surface area contributed by atoms with E-state index in [0.717, 1.165) is 6.42 Å². The maximum absolute atomic E-state index is 12.6. The third kappa shape index (κ3) is 8.59. The Morgan fingerprint density at radius 1 is 1.06 bits per heavy atom. The Balaban J connectivity index is 1.97. The molecule has 0 atom stereocenters. The van der Waals surface area contributed by atoms with Crippen molar-refractivity contribution in [2.45, 2.75) is 46.6 Å². The fourth-order valence-electron chi connectivity index (χ4n) is 2.65. The summed E-state index contributed by atoms with van der Waals surface area (Å²) in [6.45, 7) is 10.6. The van der Waals surface area contributed by atoms with Crippen molar-refractivity contribution in [2.75, 3.05) is 11.9 Å². The maximum atomic E-state index is 12.6. The molecule has 0 aliphatic heterocycles. The highest BCUT2D eigenvalue weighted by molar-refractivity contribution is 9.10. The molecule has 2 aromatic rings. The van der Waals surface area contributed by atoms with Crippen molar-refractivity contribution in [2.24, 2.45) is 5.92 Å². The van der Waals surface area contributed by atoms with Gasteiger partial charge in [-0.25, -0.2) is 0 Å². The van der Waals surface area contributed by atoms with E-state index in [4.69, 9.17) is 17.0 Å². The van der Waals surface area contributed by atoms with Crippen LogP contribution in [0.4, 0.5) is 5.69 Å². The van der Waals surface area contributed by atoms with Crippen molar-refractivity contribution in [1.82, 2.24) is 10.6 Å². The van der Waals surface area contributed by atoms with Crippen LogP contribution in [0.3, 0.4) is 0 Å². The summed E-state index contributed by atoms with van der Waals surface area (Å²) in [5, 5.41) is 8.65. The lowest BCUT2D eigenvalue weighted by Crippen LogP contribution is -2.40. The van der Waals surface area contributed by atoms with Gasteiger partial charge in [-0.1, -0.05) is 19.9 Å². The van der Waals surface area contributed by atoms with E-state index in [9.17, 15) is 9.59 Å². The van der Waals surface area contributed by atoms with E-state index in [1.54, 1.807) is 42.5 Å². The number of amides is 2. The molecule has 2 aromatic carbocycles. The van der Waals surface area contributed by atoms with Crippen molar-refractivity contribution >= 4 is 50.8 Å². The molecule has 32 heavy (non-hydrogen) atoms. The smallest absolute Gasteiger partial charge is 0.257 e. The first kappa shape index (κ1) is 25.8. The van der Waals surface area contributed by atoms with Gasteiger partial charge in [-0.3, -0.25) is 14.9 Å². The predicted octanol–water partition coefficient (Wildman–Crippen LogP) is 5.53. The van der Waals surface area contributed by atoms with E-state index in [1.807, 2.05) is 20.8 Å². The number of hydrogen-bond acceptors (Lipinski definition) is 4. The molecule has 0 saturated heterocycles. The summed E-state index contributed by atoms with van der Waals surface area (Å²) in [5.74, 6) is 0.712. The average molecular weight is 520 g/mol. The highest BCUT2D eigenvalue weighted by Gasteiger charge is 2.16. The molecule has 0 aromatic heterocycles. The van der Waals surface area contributed by atoms with Gasteiger partial charge in [0.15, 0.2) is 5.11 Å². The first-order chi connectivity index (χ1) is 14.9. The van der Waals surface area contributed by atoms with Crippen molar-refractivity contribution < 1.29 is 14.3 Å². The van der Waals surface area contributed by atoms with Crippen LogP contribution in [0.15, 0.2) is 46.9 Å². The minimum atomic E-state index is -0.349. The first-order valence-electron chi connectivity index (χ1n) is 10.4. The van der Waals surface area contributed by atoms with Crippen LogP contribution in [-0.4, -0.2) is 29.1 Å². The SMILES string of the molecule is CC(C)CCOc1ccc(C(=O)NC(=S)Nc2cccc(C(=O)NC(C)(C)C)c2)cc1Br. The second-order valence-corrected chi connectivity index (χ2v) is 10.1. The third-order valence-electron chi connectivity index (χ3n) is 4.25. The minimum Gasteiger partial charge on any atom is -0.492 e. The van der Waals surface area contributed by atoms with Crippen molar-refractivity contribution in [3.63, 3.8) is 0 Å². The maximum Gasteiger partial charge on any atom is 0.257 e. The molecule has 0 saturated carbocycles. The monoisotopic (exact) mass is 519 g/mol. The van der Waals surface area contributed by atoms with Gasteiger partial charge in [-0.15, -0.1) is 0 Å². The van der Waals surface area contributed by atoms with Gasteiger partial charge in [0.2, 0.25) is 0 Å². The predicted molar refractivity (Wildman–Crippen MR) is 136 cm³/mol. The largest absolute Gasteiger partial charge is 0.492 e. The van der Waals surface area contributed by atoms with Crippen LogP contribution in [0.25, 0.3) is 0 Å². The highest BCUT2D eigenvalue weighted by atomic mass is 79.9. The standard InChI is InChI=1S/C24H30BrN3O3S/c1-15(2)11-12-31-20-10-9-17(14-19(20)25)21(29)27-23(32)26-18-8-6-7-16(13-18)22(30)28-24(3,4)5/h6-10,13-15H,11-12H2,1-5H3,(H,28,30)(H2,26,27,29,32). The van der Waals surface area contributed by atoms with Crippen molar-refractivity contribution in [1.29, 1.82) is 0 Å². The number of ether oxygens (including phenoxy) is 1. The zero-order valence-corrected chi connectivity index (χ0v) is 21.4. The lowest BCUT2D eigenvalue weighted by atomic mass is 10.1. The number of thiocarbonyl (C=S) groups is 1. The second kappa shape index (κ2) is 11.4. The molecule has 8 heteroatoms. The van der Waals surface area contributed by atoms with Crippen LogP contribution in [0.5, 0.6) is 5.75 Å². The molecule has 0 spiro atoms. The van der Waals surface area contributed by atoms with Gasteiger partial charge < -0.3 is 15.4 Å². The molecule has 0 aliphatic carbocycles. The molecule has 0 radical (unpaired) electrons. The van der Waals surface area contributed by atoms with Crippen LogP contribution in [-0.2, 0) is 0 Å². The molecule has 3 N–H and O–H groups in total. The summed E-state index contributed by atoms with van der Waals surface area (Å²) in [7, 11) is 0. The molecular formula is C24H30BrN3O3S. The zero-order valence-electron chi connectivity index (χ0n) is 19.0. The van der Waals surface area contributed by atoms with E-state index in [1.165, 1.54) is 0 Å². The van der Waals surface area contributed by atoms with Gasteiger partial charge in [0.05, 0.1) is 11.1 Å². The van der Waals surface area contributed by atoms with E-state index in [0.29, 0.717) is 39.6 Å². The Kier molecular flexibility index (Phi) is 9.21. The Labute approximate surface area is 203 Å². The molecule has 2 rings (SSSR count). The minimum absolute atomic E-state index is 0.136. The topological polar surface area (TPSA) is 79.5 Å². The molecule has 0 aliphatic rings. The third-order valence-corrected chi connectivity index (χ3v) is 5.07. The zero-order chi connectivity index (χ0) is 23.9. The molecule has 0 fully saturated rings. The Morgan fingerprint density at radius 2 is 1.75 bits per heavy atom. The summed E-state index contributed by atoms with van der Waals surface area (Å²) >= 11 is 8.72. The summed E-state index contributed by atoms with van der Waals surface area (Å²) in [6.07, 6.45) is 0.952. The lowest BCUT2D eigenvalue weighted by molar-refractivity contribution is 0.0918. The number of benzene rings is 2. The van der Waals surface area contributed by atoms with Crippen molar-refractivity contribution in [3.05, 3.63) is 58.1 Å². The van der Waals surface area contributed by atoms with E-state index in [2.05, 4.69) is 45.7 Å². The number of carbonyl (C=O) groups is 2. The van der Waals surface area contributed by atoms with Crippen LogP contribution >= 0.6 is 28.1 Å². The van der Waals surface area contributed by atoms with E-state index < -0.39 is 0 Å². The highest BCUT2D eigenvalue weighted by Crippen LogP contribution is 2.26. The van der Waals surface area contributed by atoms with Gasteiger partial charge in [-0.05, 0) is 97.7 Å². The van der Waals surface area contributed by atoms with Crippen LogP contribution in [0.2, 0.25) is 0 Å². The Hall–Kier alpha value is -2.45. The number of hydrogen-bond donors (Lipinski definition) is 3. The van der Waals surface area contributed by atoms with Crippen molar-refractivity contribution in [3.8, 4) is 5.75 Å². The number of rotatable bonds is 7. The van der Waals surface area contributed by atoms with E-state index in [-0.39, 0.29) is 22.5 Å². The summed E-state index contributed by atoms with van der Waals surface area (Å²) in [6, 6.07) is 12.1. The Bertz CT molecular complexity index is 987. The lowest BCUT2D eigenvalue weighted by Gasteiger charge is -2.20. The van der Waals surface area contributed by atoms with Crippen LogP contribution in [0.1, 0.15) is 61.8 Å². The fraction of sp³-hybridized carbons (Fsp3) is 0.375. The quantitative estimate of drug-likeness (QED) is 0.419. The molecule has 0 unspecified atom stereocenters. The first-order valence-corrected chi connectivity index (χ1v) is 11.6. The summed E-state index contributed by atoms with van der Waals surface area (Å²) in [4.78, 5) is 24.9. The van der Waals surface area contributed by atoms with Crippen LogP contribution < -0.4 is 20.7 Å². The normalized spacial score (nSPS) is 11.1. The van der Waals surface area contributed by atoms with Gasteiger partial charge in [0.25, 0.3) is 11.8 Å². The average Bonchev–Trinajstić information content (AvgIpc) is 2.67. The molecule has 0 heterocycles. The molecular weight excluding hydrogens is 490 g/mol. The van der Waals surface area contributed by atoms with Crippen LogP contribution in [0, 0.1) is 5.92 Å². The molecule has 172 valence electrons. The number of nitrogens with one attached hydrogen (secondary N) is 3. The summed E-state index contributed by atoms with van der Waals surface area (Å²) < 4.78 is 6.45. The number of anilines is 1. The Morgan fingerprint density at radius 3 is 2.38 bits per heavy atom. The molecule has 0 bridgehead atoms. The molecule has 6 nitrogen and oxygen atoms in total. The van der Waals surface area contributed by atoms with Gasteiger partial charge in [0, 0.05) is 22.4 Å². The van der Waals surface area contributed by atoms with E-state index >= 15 is 0 Å². The fourth-order valence-corrected chi connectivity index (χ4v) is 3.36. The van der Waals surface area contributed by atoms with Gasteiger partial charge >= 0.3 is 0 Å².